The molecule has 2 aromatic carbocycles. The van der Waals surface area contributed by atoms with Gasteiger partial charge in [-0.25, -0.2) is 4.98 Å². The number of fused-ring (bicyclic) bond motifs is 3. The number of thiophene rings is 1. The number of aromatic hydroxyl groups is 1. The van der Waals surface area contributed by atoms with Crippen LogP contribution in [0.15, 0.2) is 71.5 Å². The maximum Gasteiger partial charge on any atom is 0.252 e. The van der Waals surface area contributed by atoms with Gasteiger partial charge in [0.2, 0.25) is 0 Å². The molecule has 0 saturated heterocycles. The molecule has 0 aliphatic rings. The van der Waals surface area contributed by atoms with Crippen LogP contribution < -0.4 is 10.3 Å². The van der Waals surface area contributed by atoms with E-state index >= 15 is 0 Å². The lowest BCUT2D eigenvalue weighted by Gasteiger charge is -2.12. The van der Waals surface area contributed by atoms with Crippen molar-refractivity contribution in [1.29, 1.82) is 0 Å². The van der Waals surface area contributed by atoms with Gasteiger partial charge in [-0.05, 0) is 17.7 Å². The molecular weight excluding hydrogens is 384 g/mol. The van der Waals surface area contributed by atoms with Crippen LogP contribution in [0.4, 0.5) is 0 Å². The zero-order valence-corrected chi connectivity index (χ0v) is 16.3. The first-order chi connectivity index (χ1) is 14.2. The van der Waals surface area contributed by atoms with E-state index in [1.807, 2.05) is 60.7 Å². The number of methoxy groups -OCH3 is 1. The van der Waals surface area contributed by atoms with E-state index in [1.165, 1.54) is 17.4 Å². The maximum atomic E-state index is 12.0. The number of hydrogen-bond acceptors (Lipinski definition) is 5. The lowest BCUT2D eigenvalue weighted by molar-refractivity contribution is 0.416. The number of pyridine rings is 2. The van der Waals surface area contributed by atoms with Crippen molar-refractivity contribution < 1.29 is 9.84 Å². The highest BCUT2D eigenvalue weighted by atomic mass is 32.1. The van der Waals surface area contributed by atoms with E-state index in [-0.39, 0.29) is 11.3 Å². The smallest absolute Gasteiger partial charge is 0.252 e. The van der Waals surface area contributed by atoms with Gasteiger partial charge in [0.15, 0.2) is 0 Å². The molecule has 29 heavy (non-hydrogen) atoms. The van der Waals surface area contributed by atoms with Crippen molar-refractivity contribution in [3.63, 3.8) is 0 Å². The first kappa shape index (κ1) is 17.5. The highest BCUT2D eigenvalue weighted by Gasteiger charge is 2.19. The number of nitrogens with zero attached hydrogens (tertiary/aromatic N) is 1. The third-order valence-corrected chi connectivity index (χ3v) is 5.98. The highest BCUT2D eigenvalue weighted by Crippen LogP contribution is 2.44. The van der Waals surface area contributed by atoms with Crippen LogP contribution in [0, 0.1) is 0 Å². The van der Waals surface area contributed by atoms with Crippen molar-refractivity contribution in [2.45, 2.75) is 0 Å². The predicted octanol–water partition coefficient (Wildman–Crippen LogP) is 5.19. The molecule has 2 N–H and O–H groups in total. The summed E-state index contributed by atoms with van der Waals surface area (Å²) in [6, 6.07) is 20.9. The summed E-state index contributed by atoms with van der Waals surface area (Å²) in [6.45, 7) is 0. The van der Waals surface area contributed by atoms with E-state index < -0.39 is 0 Å². The van der Waals surface area contributed by atoms with Gasteiger partial charge < -0.3 is 14.8 Å². The molecule has 5 rings (SSSR count). The van der Waals surface area contributed by atoms with Crippen molar-refractivity contribution in [1.82, 2.24) is 9.97 Å². The van der Waals surface area contributed by atoms with Crippen LogP contribution in [0.3, 0.4) is 0 Å². The van der Waals surface area contributed by atoms with Crippen LogP contribution in [-0.4, -0.2) is 22.2 Å². The second-order valence-corrected chi connectivity index (χ2v) is 7.63. The van der Waals surface area contributed by atoms with E-state index in [9.17, 15) is 9.90 Å². The molecule has 0 unspecified atom stereocenters. The molecule has 3 heterocycles. The molecule has 0 aliphatic heterocycles. The van der Waals surface area contributed by atoms with Crippen molar-refractivity contribution in [3.05, 3.63) is 77.1 Å². The number of H-pyrrole nitrogens is 1. The molecule has 6 heteroatoms. The Morgan fingerprint density at radius 2 is 1.76 bits per heavy atom. The largest absolute Gasteiger partial charge is 0.506 e. The van der Waals surface area contributed by atoms with Gasteiger partial charge in [0.25, 0.3) is 5.56 Å². The number of aromatic amines is 1. The zero-order valence-electron chi connectivity index (χ0n) is 15.5. The average Bonchev–Trinajstić information content (AvgIpc) is 3.12. The number of rotatable bonds is 3. The first-order valence-corrected chi connectivity index (χ1v) is 9.85. The Hall–Kier alpha value is -3.64. The van der Waals surface area contributed by atoms with Gasteiger partial charge in [0.1, 0.15) is 16.3 Å². The highest BCUT2D eigenvalue weighted by molar-refractivity contribution is 7.25. The van der Waals surface area contributed by atoms with Crippen molar-refractivity contribution in [2.24, 2.45) is 0 Å². The molecule has 0 bridgehead atoms. The number of para-hydroxylation sites is 1. The minimum atomic E-state index is -0.354. The van der Waals surface area contributed by atoms with Crippen molar-refractivity contribution >= 4 is 31.8 Å². The van der Waals surface area contributed by atoms with Gasteiger partial charge in [-0.1, -0.05) is 48.5 Å². The molecule has 0 fully saturated rings. The Morgan fingerprint density at radius 3 is 2.55 bits per heavy atom. The Balaban J connectivity index is 1.95. The molecular formula is C23H16N2O3S. The summed E-state index contributed by atoms with van der Waals surface area (Å²) in [5.41, 5.74) is 3.81. The maximum absolute atomic E-state index is 12.0. The van der Waals surface area contributed by atoms with Gasteiger partial charge in [0, 0.05) is 22.6 Å². The van der Waals surface area contributed by atoms with Crippen LogP contribution >= 0.6 is 11.3 Å². The lowest BCUT2D eigenvalue weighted by Crippen LogP contribution is -2.02. The van der Waals surface area contributed by atoms with E-state index in [4.69, 9.17) is 9.72 Å². The molecule has 0 amide bonds. The molecule has 0 spiro atoms. The van der Waals surface area contributed by atoms with Crippen LogP contribution in [0.25, 0.3) is 42.8 Å². The van der Waals surface area contributed by atoms with Gasteiger partial charge in [-0.15, -0.1) is 11.3 Å². The van der Waals surface area contributed by atoms with Crippen molar-refractivity contribution in [3.8, 4) is 33.9 Å². The minimum absolute atomic E-state index is 0.0426. The van der Waals surface area contributed by atoms with Gasteiger partial charge in [-0.2, -0.15) is 0 Å². The summed E-state index contributed by atoms with van der Waals surface area (Å²) >= 11 is 1.36. The second kappa shape index (κ2) is 6.76. The standard InChI is InChI=1S/C23H16N2O3S/c1-28-18-10-6-5-9-14(18)15-11-16(13-7-3-2-4-8-13)24-23-20(15)21-22(29-23)17(26)12-19(27)25-21/h2-12H,1H3,(H2,25,26,27). The van der Waals surface area contributed by atoms with Crippen LogP contribution in [0.5, 0.6) is 11.5 Å². The van der Waals surface area contributed by atoms with Crippen LogP contribution in [0.1, 0.15) is 0 Å². The molecule has 0 aliphatic carbocycles. The molecule has 5 nitrogen and oxygen atoms in total. The summed E-state index contributed by atoms with van der Waals surface area (Å²) < 4.78 is 6.20. The van der Waals surface area contributed by atoms with E-state index in [2.05, 4.69) is 4.98 Å². The fourth-order valence-electron chi connectivity index (χ4n) is 3.58. The third-order valence-electron chi connectivity index (χ3n) is 4.88. The molecule has 0 radical (unpaired) electrons. The molecule has 0 atom stereocenters. The quantitative estimate of drug-likeness (QED) is 0.437. The fourth-order valence-corrected chi connectivity index (χ4v) is 4.65. The lowest BCUT2D eigenvalue weighted by atomic mass is 9.99. The van der Waals surface area contributed by atoms with Gasteiger partial charge >= 0.3 is 0 Å². The molecule has 142 valence electrons. The topological polar surface area (TPSA) is 75.2 Å². The Labute approximate surface area is 169 Å². The Kier molecular flexibility index (Phi) is 4.07. The predicted molar refractivity (Wildman–Crippen MR) is 117 cm³/mol. The normalized spacial score (nSPS) is 11.2. The van der Waals surface area contributed by atoms with E-state index in [1.54, 1.807) is 7.11 Å². The Morgan fingerprint density at radius 1 is 1.00 bits per heavy atom. The third kappa shape index (κ3) is 2.85. The number of aromatic nitrogens is 2. The van der Waals surface area contributed by atoms with Gasteiger partial charge in [0.05, 0.1) is 23.0 Å². The minimum Gasteiger partial charge on any atom is -0.506 e. The van der Waals surface area contributed by atoms with E-state index in [0.717, 1.165) is 38.4 Å². The molecule has 5 aromatic rings. The second-order valence-electron chi connectivity index (χ2n) is 6.63. The Bertz CT molecular complexity index is 1420. The number of hydrogen-bond donors (Lipinski definition) is 2. The van der Waals surface area contributed by atoms with Crippen LogP contribution in [-0.2, 0) is 0 Å². The summed E-state index contributed by atoms with van der Waals surface area (Å²) in [5, 5.41) is 11.1. The number of ether oxygens (including phenoxy) is 1. The number of benzene rings is 2. The summed E-state index contributed by atoms with van der Waals surface area (Å²) in [4.78, 5) is 20.5. The SMILES string of the molecule is COc1ccccc1-c1cc(-c2ccccc2)nc2sc3c(O)cc(=O)[nH]c3c12. The van der Waals surface area contributed by atoms with Crippen LogP contribution in [0.2, 0.25) is 0 Å². The molecule has 3 aromatic heterocycles. The van der Waals surface area contributed by atoms with Gasteiger partial charge in [-0.3, -0.25) is 4.79 Å². The molecule has 0 saturated carbocycles. The fraction of sp³-hybridized carbons (Fsp3) is 0.0435. The monoisotopic (exact) mass is 400 g/mol. The average molecular weight is 400 g/mol. The summed E-state index contributed by atoms with van der Waals surface area (Å²) in [6.07, 6.45) is 0. The number of nitrogens with one attached hydrogen (secondary N) is 1. The first-order valence-electron chi connectivity index (χ1n) is 9.04. The van der Waals surface area contributed by atoms with Crippen molar-refractivity contribution in [2.75, 3.05) is 7.11 Å². The summed E-state index contributed by atoms with van der Waals surface area (Å²) in [7, 11) is 1.63. The van der Waals surface area contributed by atoms with E-state index in [0.29, 0.717) is 10.2 Å². The summed E-state index contributed by atoms with van der Waals surface area (Å²) in [5.74, 6) is 0.680. The zero-order chi connectivity index (χ0) is 20.0.